The van der Waals surface area contributed by atoms with E-state index in [2.05, 4.69) is 0 Å². The Hall–Kier alpha value is -1.36. The summed E-state index contributed by atoms with van der Waals surface area (Å²) in [6.07, 6.45) is 7.59. The van der Waals surface area contributed by atoms with Gasteiger partial charge < -0.3 is 0 Å². The van der Waals surface area contributed by atoms with Crippen molar-refractivity contribution in [1.82, 2.24) is 0 Å². The number of hydrogen-bond donors (Lipinski definition) is 0. The van der Waals surface area contributed by atoms with Crippen LogP contribution in [-0.4, -0.2) is 0 Å². The fourth-order valence-corrected chi connectivity index (χ4v) is 1.29. The normalized spacial score (nSPS) is 9.86. The van der Waals surface area contributed by atoms with E-state index in [9.17, 15) is 8.78 Å². The van der Waals surface area contributed by atoms with Gasteiger partial charge in [-0.15, -0.1) is 6.42 Å². The molecule has 0 fully saturated rings. The highest BCUT2D eigenvalue weighted by molar-refractivity contribution is 5.37. The molecule has 1 aromatic carbocycles. The number of aryl methyl sites for hydroxylation is 1. The molecule has 1 aromatic rings. The molecule has 1 rings (SSSR count). The minimum Gasteiger partial charge on any atom is -0.206 e. The van der Waals surface area contributed by atoms with E-state index in [1.807, 2.05) is 12.8 Å². The van der Waals surface area contributed by atoms with Crippen molar-refractivity contribution in [3.63, 3.8) is 0 Å². The lowest BCUT2D eigenvalue weighted by molar-refractivity contribution is 0.572. The van der Waals surface area contributed by atoms with Crippen LogP contribution in [0.5, 0.6) is 0 Å². The summed E-state index contributed by atoms with van der Waals surface area (Å²) >= 11 is 0. The minimum absolute atomic E-state index is 0.273. The van der Waals surface area contributed by atoms with Gasteiger partial charge in [0.15, 0.2) is 0 Å². The van der Waals surface area contributed by atoms with Gasteiger partial charge in [0.1, 0.15) is 11.6 Å². The highest BCUT2D eigenvalue weighted by Gasteiger charge is 2.08. The maximum absolute atomic E-state index is 13.2. The van der Waals surface area contributed by atoms with E-state index >= 15 is 0 Å². The summed E-state index contributed by atoms with van der Waals surface area (Å²) in [5.74, 6) is 0.716. The van der Waals surface area contributed by atoms with Gasteiger partial charge in [-0.25, -0.2) is 8.78 Å². The molecule has 0 aliphatic carbocycles. The van der Waals surface area contributed by atoms with E-state index in [0.29, 0.717) is 12.0 Å². The van der Waals surface area contributed by atoms with Crippen LogP contribution in [0.2, 0.25) is 0 Å². The fraction of sp³-hybridized carbons (Fsp3) is 0.333. The van der Waals surface area contributed by atoms with Crippen molar-refractivity contribution in [2.24, 2.45) is 0 Å². The molecule has 0 unspecified atom stereocenters. The fourth-order valence-electron chi connectivity index (χ4n) is 1.29. The lowest BCUT2D eigenvalue weighted by atomic mass is 10.1. The predicted molar refractivity (Wildman–Crippen MR) is 52.9 cm³/mol. The summed E-state index contributed by atoms with van der Waals surface area (Å²) in [5.41, 5.74) is 0.395. The van der Waals surface area contributed by atoms with Gasteiger partial charge in [0.2, 0.25) is 0 Å². The van der Waals surface area contributed by atoms with Crippen LogP contribution in [0, 0.1) is 24.0 Å². The first kappa shape index (κ1) is 10.7. The van der Waals surface area contributed by atoms with Crippen LogP contribution in [0.4, 0.5) is 8.78 Å². The van der Waals surface area contributed by atoms with Gasteiger partial charge in [-0.05, 0) is 30.5 Å². The Labute approximate surface area is 83.0 Å². The molecule has 74 valence electrons. The van der Waals surface area contributed by atoms with Gasteiger partial charge in [-0.1, -0.05) is 19.3 Å². The van der Waals surface area contributed by atoms with E-state index in [4.69, 9.17) is 6.42 Å². The molecular formula is C12H12F2. The molecule has 0 amide bonds. The van der Waals surface area contributed by atoms with Crippen LogP contribution in [-0.2, 0) is 6.42 Å². The zero-order valence-electron chi connectivity index (χ0n) is 8.11. The van der Waals surface area contributed by atoms with E-state index in [1.165, 1.54) is 12.1 Å². The molecule has 0 nitrogen and oxygen atoms in total. The van der Waals surface area contributed by atoms with Crippen LogP contribution in [0.3, 0.4) is 0 Å². The van der Waals surface area contributed by atoms with E-state index < -0.39 is 11.6 Å². The summed E-state index contributed by atoms with van der Waals surface area (Å²) in [6.45, 7) is 2.03. The molecule has 0 bridgehead atoms. The van der Waals surface area contributed by atoms with Gasteiger partial charge >= 0.3 is 0 Å². The SMILES string of the molecule is C#Cc1c(F)cc(CCCC)cc1F. The zero-order valence-corrected chi connectivity index (χ0v) is 8.11. The number of hydrogen-bond acceptors (Lipinski definition) is 0. The number of terminal acetylenes is 1. The van der Waals surface area contributed by atoms with E-state index in [1.54, 1.807) is 0 Å². The molecule has 0 aliphatic rings. The summed E-state index contributed by atoms with van der Waals surface area (Å²) in [4.78, 5) is 0. The Balaban J connectivity index is 2.97. The maximum atomic E-state index is 13.2. The number of unbranched alkanes of at least 4 members (excludes halogenated alkanes) is 1. The first-order valence-corrected chi connectivity index (χ1v) is 4.63. The third-order valence-corrected chi connectivity index (χ3v) is 2.07. The van der Waals surface area contributed by atoms with Crippen molar-refractivity contribution in [2.75, 3.05) is 0 Å². The van der Waals surface area contributed by atoms with Crippen molar-refractivity contribution in [1.29, 1.82) is 0 Å². The summed E-state index contributed by atoms with van der Waals surface area (Å²) in [6, 6.07) is 2.63. The topological polar surface area (TPSA) is 0 Å². The highest BCUT2D eigenvalue weighted by atomic mass is 19.1. The van der Waals surface area contributed by atoms with Gasteiger partial charge in [-0.2, -0.15) is 0 Å². The highest BCUT2D eigenvalue weighted by Crippen LogP contribution is 2.15. The van der Waals surface area contributed by atoms with Crippen LogP contribution in [0.15, 0.2) is 12.1 Å². The first-order chi connectivity index (χ1) is 6.69. The Morgan fingerprint density at radius 2 is 1.86 bits per heavy atom. The molecule has 0 saturated heterocycles. The molecule has 14 heavy (non-hydrogen) atoms. The Bertz CT molecular complexity index is 338. The Morgan fingerprint density at radius 1 is 1.29 bits per heavy atom. The lowest BCUT2D eigenvalue weighted by Gasteiger charge is -2.03. The number of rotatable bonds is 3. The van der Waals surface area contributed by atoms with Crippen molar-refractivity contribution in [3.8, 4) is 12.3 Å². The number of benzene rings is 1. The second-order valence-corrected chi connectivity index (χ2v) is 3.18. The Morgan fingerprint density at radius 3 is 2.29 bits per heavy atom. The van der Waals surface area contributed by atoms with Crippen molar-refractivity contribution >= 4 is 0 Å². The van der Waals surface area contributed by atoms with Crippen molar-refractivity contribution in [2.45, 2.75) is 26.2 Å². The average Bonchev–Trinajstić information content (AvgIpc) is 2.14. The van der Waals surface area contributed by atoms with Crippen molar-refractivity contribution in [3.05, 3.63) is 34.9 Å². The molecule has 0 atom stereocenters. The lowest BCUT2D eigenvalue weighted by Crippen LogP contribution is -1.94. The molecule has 2 heteroatoms. The second kappa shape index (κ2) is 4.76. The van der Waals surface area contributed by atoms with Gasteiger partial charge in [-0.3, -0.25) is 0 Å². The third kappa shape index (κ3) is 2.32. The number of halogens is 2. The van der Waals surface area contributed by atoms with Crippen molar-refractivity contribution < 1.29 is 8.78 Å². The molecule has 0 radical (unpaired) electrons. The van der Waals surface area contributed by atoms with Crippen LogP contribution >= 0.6 is 0 Å². The van der Waals surface area contributed by atoms with Crippen LogP contribution in [0.25, 0.3) is 0 Å². The standard InChI is InChI=1S/C12H12F2/c1-3-5-6-9-7-11(13)10(4-2)12(14)8-9/h2,7-8H,3,5-6H2,1H3. The maximum Gasteiger partial charge on any atom is 0.142 e. The molecule has 0 spiro atoms. The summed E-state index contributed by atoms with van der Waals surface area (Å²) < 4.78 is 26.3. The molecule has 0 heterocycles. The van der Waals surface area contributed by atoms with E-state index in [0.717, 1.165) is 12.8 Å². The first-order valence-electron chi connectivity index (χ1n) is 4.63. The monoisotopic (exact) mass is 194 g/mol. The quantitative estimate of drug-likeness (QED) is 0.648. The molecule has 0 N–H and O–H groups in total. The third-order valence-electron chi connectivity index (χ3n) is 2.07. The smallest absolute Gasteiger partial charge is 0.142 e. The summed E-state index contributed by atoms with van der Waals surface area (Å²) in [7, 11) is 0. The largest absolute Gasteiger partial charge is 0.206 e. The summed E-state index contributed by atoms with van der Waals surface area (Å²) in [5, 5.41) is 0. The van der Waals surface area contributed by atoms with Crippen LogP contribution in [0.1, 0.15) is 30.9 Å². The van der Waals surface area contributed by atoms with Gasteiger partial charge in [0.05, 0.1) is 5.56 Å². The van der Waals surface area contributed by atoms with Gasteiger partial charge in [0, 0.05) is 0 Å². The second-order valence-electron chi connectivity index (χ2n) is 3.18. The Kier molecular flexibility index (Phi) is 3.64. The van der Waals surface area contributed by atoms with Gasteiger partial charge in [0.25, 0.3) is 0 Å². The molecule has 0 saturated carbocycles. The predicted octanol–water partition coefficient (Wildman–Crippen LogP) is 3.29. The average molecular weight is 194 g/mol. The molecule has 0 aromatic heterocycles. The van der Waals surface area contributed by atoms with Crippen LogP contribution < -0.4 is 0 Å². The van der Waals surface area contributed by atoms with E-state index in [-0.39, 0.29) is 5.56 Å². The molecule has 0 aliphatic heterocycles. The zero-order chi connectivity index (χ0) is 10.6. The molecular weight excluding hydrogens is 182 g/mol. The minimum atomic E-state index is -0.640.